The van der Waals surface area contributed by atoms with E-state index < -0.39 is 6.16 Å². The average Bonchev–Trinajstić information content (AvgIpc) is 2.59. The topological polar surface area (TPSA) is 47.6 Å². The maximum absolute atomic E-state index is 10.9. The smallest absolute Gasteiger partial charge is 0.438 e. The van der Waals surface area contributed by atoms with Crippen LogP contribution in [-0.2, 0) is 9.47 Å². The molecule has 1 aliphatic heterocycles. The average molecular weight is 234 g/mol. The van der Waals surface area contributed by atoms with Crippen molar-refractivity contribution in [1.29, 1.82) is 0 Å². The van der Waals surface area contributed by atoms with Crippen LogP contribution in [0, 0.1) is 5.92 Å². The van der Waals surface area contributed by atoms with Crippen molar-refractivity contribution in [2.24, 2.45) is 5.92 Å². The van der Waals surface area contributed by atoms with Gasteiger partial charge in [0.15, 0.2) is 6.23 Å². The van der Waals surface area contributed by atoms with Crippen LogP contribution >= 0.6 is 12.4 Å². The second-order valence-corrected chi connectivity index (χ2v) is 3.75. The van der Waals surface area contributed by atoms with Gasteiger partial charge in [-0.15, -0.1) is 12.4 Å². The number of ether oxygens (including phenoxy) is 2. The van der Waals surface area contributed by atoms with E-state index in [-0.39, 0.29) is 18.6 Å². The Morgan fingerprint density at radius 3 is 3.00 bits per heavy atom. The first-order valence-corrected chi connectivity index (χ1v) is 4.97. The van der Waals surface area contributed by atoms with E-state index in [1.165, 1.54) is 13.5 Å². The van der Waals surface area contributed by atoms with Gasteiger partial charge in [-0.25, -0.2) is 4.79 Å². The maximum atomic E-state index is 10.9. The summed E-state index contributed by atoms with van der Waals surface area (Å²) in [5.41, 5.74) is 0. The van der Waals surface area contributed by atoms with E-state index in [2.05, 4.69) is 22.2 Å². The zero-order chi connectivity index (χ0) is 9.97. The van der Waals surface area contributed by atoms with Gasteiger partial charge in [0.1, 0.15) is 0 Å². The van der Waals surface area contributed by atoms with Crippen molar-refractivity contribution in [1.82, 2.24) is 5.32 Å². The van der Waals surface area contributed by atoms with Crippen LogP contribution < -0.4 is 5.32 Å². The largest absolute Gasteiger partial charge is 0.509 e. The monoisotopic (exact) mass is 233 g/mol. The third-order valence-electron chi connectivity index (χ3n) is 2.86. The number of rotatable bonds is 1. The van der Waals surface area contributed by atoms with Crippen molar-refractivity contribution in [2.45, 2.75) is 31.5 Å². The van der Waals surface area contributed by atoms with Gasteiger partial charge >= 0.3 is 6.16 Å². The molecule has 0 amide bonds. The first kappa shape index (κ1) is 12.3. The fourth-order valence-electron chi connectivity index (χ4n) is 2.15. The summed E-state index contributed by atoms with van der Waals surface area (Å²) in [6.45, 7) is 0. The summed E-state index contributed by atoms with van der Waals surface area (Å²) < 4.78 is 9.49. The minimum atomic E-state index is -0.606. The SMILES string of the molecule is COC(=O)O[C@@H]1C[C@H]2CCC=CC2N1.Cl. The molecule has 1 N–H and O–H groups in total. The van der Waals surface area contributed by atoms with Gasteiger partial charge in [0, 0.05) is 12.5 Å². The molecule has 0 spiro atoms. The van der Waals surface area contributed by atoms with Crippen molar-refractivity contribution in [3.8, 4) is 0 Å². The van der Waals surface area contributed by atoms with Crippen LogP contribution in [0.3, 0.4) is 0 Å². The molecule has 3 atom stereocenters. The number of nitrogens with one attached hydrogen (secondary N) is 1. The highest BCUT2D eigenvalue weighted by Crippen LogP contribution is 2.29. The Morgan fingerprint density at radius 1 is 1.53 bits per heavy atom. The van der Waals surface area contributed by atoms with Gasteiger partial charge in [0.2, 0.25) is 0 Å². The number of hydrogen-bond acceptors (Lipinski definition) is 4. The molecular formula is C10H16ClNO3. The molecular weight excluding hydrogens is 218 g/mol. The Balaban J connectivity index is 0.00000112. The molecule has 0 aromatic heterocycles. The summed E-state index contributed by atoms with van der Waals surface area (Å²) in [6.07, 6.45) is 6.75. The predicted molar refractivity (Wildman–Crippen MR) is 57.9 cm³/mol. The molecule has 1 aliphatic carbocycles. The summed E-state index contributed by atoms with van der Waals surface area (Å²) in [4.78, 5) is 10.9. The Labute approximate surface area is 95.4 Å². The predicted octanol–water partition coefficient (Wildman–Crippen LogP) is 1.85. The number of hydrogen-bond donors (Lipinski definition) is 1. The Hall–Kier alpha value is -0.740. The molecule has 1 saturated heterocycles. The third kappa shape index (κ3) is 2.86. The van der Waals surface area contributed by atoms with E-state index in [1.54, 1.807) is 0 Å². The molecule has 0 aromatic rings. The van der Waals surface area contributed by atoms with Crippen LogP contribution in [-0.4, -0.2) is 25.5 Å². The van der Waals surface area contributed by atoms with E-state index in [4.69, 9.17) is 4.74 Å². The molecule has 1 heterocycles. The highest BCUT2D eigenvalue weighted by atomic mass is 35.5. The molecule has 2 aliphatic rings. The lowest BCUT2D eigenvalue weighted by Gasteiger charge is -2.18. The quantitative estimate of drug-likeness (QED) is 0.555. The van der Waals surface area contributed by atoms with Crippen molar-refractivity contribution in [3.05, 3.63) is 12.2 Å². The fraction of sp³-hybridized carbons (Fsp3) is 0.700. The van der Waals surface area contributed by atoms with Gasteiger partial charge in [0.05, 0.1) is 7.11 Å². The van der Waals surface area contributed by atoms with Crippen LogP contribution in [0.1, 0.15) is 19.3 Å². The lowest BCUT2D eigenvalue weighted by atomic mass is 9.90. The third-order valence-corrected chi connectivity index (χ3v) is 2.86. The number of carbonyl (C=O) groups excluding carboxylic acids is 1. The standard InChI is InChI=1S/C10H15NO3.ClH/c1-13-10(12)14-9-6-7-4-2-3-5-8(7)11-9;/h3,5,7-9,11H,2,4,6H2,1H3;1H/t7-,8?,9-;/m1./s1. The zero-order valence-corrected chi connectivity index (χ0v) is 9.46. The molecule has 15 heavy (non-hydrogen) atoms. The van der Waals surface area contributed by atoms with Gasteiger partial charge < -0.3 is 9.47 Å². The Morgan fingerprint density at radius 2 is 2.33 bits per heavy atom. The molecule has 0 saturated carbocycles. The lowest BCUT2D eigenvalue weighted by Crippen LogP contribution is -2.33. The molecule has 5 heteroatoms. The van der Waals surface area contributed by atoms with Crippen molar-refractivity contribution in [2.75, 3.05) is 7.11 Å². The highest BCUT2D eigenvalue weighted by molar-refractivity contribution is 5.85. The summed E-state index contributed by atoms with van der Waals surface area (Å²) in [7, 11) is 1.32. The van der Waals surface area contributed by atoms with Crippen molar-refractivity contribution in [3.63, 3.8) is 0 Å². The molecule has 0 aromatic carbocycles. The summed E-state index contributed by atoms with van der Waals surface area (Å²) >= 11 is 0. The summed E-state index contributed by atoms with van der Waals surface area (Å²) in [6, 6.07) is 0.374. The van der Waals surface area contributed by atoms with E-state index >= 15 is 0 Å². The van der Waals surface area contributed by atoms with E-state index in [9.17, 15) is 4.79 Å². The number of allylic oxidation sites excluding steroid dienone is 1. The number of fused-ring (bicyclic) bond motifs is 1. The Bertz CT molecular complexity index is 257. The molecule has 1 fully saturated rings. The van der Waals surface area contributed by atoms with Crippen LogP contribution in [0.4, 0.5) is 4.79 Å². The molecule has 1 unspecified atom stereocenters. The van der Waals surface area contributed by atoms with Crippen LogP contribution in [0.2, 0.25) is 0 Å². The normalized spacial score (nSPS) is 32.7. The van der Waals surface area contributed by atoms with Gasteiger partial charge in [-0.1, -0.05) is 12.2 Å². The van der Waals surface area contributed by atoms with Gasteiger partial charge in [-0.2, -0.15) is 0 Å². The molecule has 2 rings (SSSR count). The van der Waals surface area contributed by atoms with E-state index in [0.717, 1.165) is 12.8 Å². The Kier molecular flexibility index (Phi) is 4.42. The lowest BCUT2D eigenvalue weighted by molar-refractivity contribution is 0.0297. The zero-order valence-electron chi connectivity index (χ0n) is 8.64. The van der Waals surface area contributed by atoms with Crippen LogP contribution in [0.15, 0.2) is 12.2 Å². The number of carbonyl (C=O) groups is 1. The van der Waals surface area contributed by atoms with E-state index in [0.29, 0.717) is 12.0 Å². The fourth-order valence-corrected chi connectivity index (χ4v) is 2.15. The summed E-state index contributed by atoms with van der Waals surface area (Å²) in [5, 5.41) is 3.25. The minimum absolute atomic E-state index is 0. The second kappa shape index (κ2) is 5.37. The maximum Gasteiger partial charge on any atom is 0.509 e. The van der Waals surface area contributed by atoms with Gasteiger partial charge in [-0.3, -0.25) is 5.32 Å². The van der Waals surface area contributed by atoms with Crippen molar-refractivity contribution >= 4 is 18.6 Å². The first-order valence-electron chi connectivity index (χ1n) is 4.97. The van der Waals surface area contributed by atoms with Crippen LogP contribution in [0.5, 0.6) is 0 Å². The molecule has 86 valence electrons. The molecule has 0 radical (unpaired) electrons. The summed E-state index contributed by atoms with van der Waals surface area (Å²) in [5.74, 6) is 0.606. The number of methoxy groups -OCH3 is 1. The number of halogens is 1. The highest BCUT2D eigenvalue weighted by Gasteiger charge is 2.35. The van der Waals surface area contributed by atoms with Gasteiger partial charge in [-0.05, 0) is 18.8 Å². The minimum Gasteiger partial charge on any atom is -0.438 e. The van der Waals surface area contributed by atoms with E-state index in [1.807, 2.05) is 0 Å². The molecule has 4 nitrogen and oxygen atoms in total. The second-order valence-electron chi connectivity index (χ2n) is 3.75. The first-order chi connectivity index (χ1) is 6.79. The van der Waals surface area contributed by atoms with Crippen LogP contribution in [0.25, 0.3) is 0 Å². The molecule has 0 bridgehead atoms. The van der Waals surface area contributed by atoms with Gasteiger partial charge in [0.25, 0.3) is 0 Å². The van der Waals surface area contributed by atoms with Crippen molar-refractivity contribution < 1.29 is 14.3 Å².